The van der Waals surface area contributed by atoms with Crippen LogP contribution in [0, 0.1) is 17.8 Å². The van der Waals surface area contributed by atoms with E-state index in [1.807, 2.05) is 27.7 Å². The highest BCUT2D eigenvalue weighted by atomic mass is 16.7. The lowest BCUT2D eigenvalue weighted by Crippen LogP contribution is -2.43. The third-order valence-electron chi connectivity index (χ3n) is 6.25. The molecule has 0 saturated carbocycles. The molecule has 4 nitrogen and oxygen atoms in total. The fourth-order valence-corrected chi connectivity index (χ4v) is 4.30. The lowest BCUT2D eigenvalue weighted by molar-refractivity contribution is 0.00578. The van der Waals surface area contributed by atoms with Gasteiger partial charge in [0.25, 0.3) is 0 Å². The molecule has 2 heterocycles. The van der Waals surface area contributed by atoms with Gasteiger partial charge in [-0.3, -0.25) is 0 Å². The van der Waals surface area contributed by atoms with Gasteiger partial charge in [0.15, 0.2) is 11.6 Å². The van der Waals surface area contributed by atoms with Crippen molar-refractivity contribution >= 4 is 12.8 Å². The van der Waals surface area contributed by atoms with Gasteiger partial charge in [-0.05, 0) is 45.4 Å². The Bertz CT molecular complexity index is 537. The number of hydrogen-bond acceptors (Lipinski definition) is 4. The van der Waals surface area contributed by atoms with Crippen LogP contribution < -0.4 is 5.66 Å². The molecule has 0 atom stereocenters. The van der Waals surface area contributed by atoms with Crippen LogP contribution in [-0.2, 0) is 14.7 Å². The maximum Gasteiger partial charge on any atom is 0.534 e. The first-order chi connectivity index (χ1) is 10.9. The van der Waals surface area contributed by atoms with Crippen molar-refractivity contribution in [1.29, 1.82) is 0 Å². The first-order valence-electron chi connectivity index (χ1n) is 9.18. The lowest BCUT2D eigenvalue weighted by atomic mass is 9.62. The Morgan fingerprint density at radius 3 is 1.67 bits per heavy atom. The van der Waals surface area contributed by atoms with Gasteiger partial charge in [0, 0.05) is 0 Å². The normalized spacial score (nSPS) is 20.6. The minimum atomic E-state index is -0.500. The van der Waals surface area contributed by atoms with Gasteiger partial charge in [-0.15, -0.1) is 0 Å². The molecule has 2 rings (SSSR count). The molecule has 0 amide bonds. The van der Waals surface area contributed by atoms with Crippen molar-refractivity contribution in [3.63, 3.8) is 0 Å². The summed E-state index contributed by atoms with van der Waals surface area (Å²) in [6, 6.07) is 0. The molecule has 5 heteroatoms. The summed E-state index contributed by atoms with van der Waals surface area (Å²) >= 11 is 0. The number of hydrogen-bond donors (Lipinski definition) is 0. The Morgan fingerprint density at radius 1 is 0.875 bits per heavy atom. The Morgan fingerprint density at radius 2 is 1.29 bits per heavy atom. The maximum absolute atomic E-state index is 6.24. The van der Waals surface area contributed by atoms with Gasteiger partial charge in [0.05, 0.1) is 22.8 Å². The molecule has 0 bridgehead atoms. The quantitative estimate of drug-likeness (QED) is 0.757. The summed E-state index contributed by atoms with van der Waals surface area (Å²) in [6.07, 6.45) is 1.78. The third-order valence-corrected chi connectivity index (χ3v) is 6.25. The molecule has 1 fully saturated rings. The molecule has 0 N–H and O–H groups in total. The van der Waals surface area contributed by atoms with Crippen molar-refractivity contribution in [2.75, 3.05) is 0 Å². The zero-order valence-electron chi connectivity index (χ0n) is 17.1. The molecule has 0 aromatic carbocycles. The highest BCUT2D eigenvalue weighted by molar-refractivity contribution is 6.60. The molecule has 1 aromatic rings. The van der Waals surface area contributed by atoms with Crippen LogP contribution in [0.5, 0.6) is 0 Å². The van der Waals surface area contributed by atoms with Gasteiger partial charge in [-0.1, -0.05) is 41.5 Å². The average molecular weight is 335 g/mol. The molecule has 0 unspecified atom stereocenters. The van der Waals surface area contributed by atoms with Crippen molar-refractivity contribution < 1.29 is 13.7 Å². The number of aromatic nitrogens is 1. The fraction of sp³-hybridized carbons (Fsp3) is 0.842. The van der Waals surface area contributed by atoms with E-state index in [0.717, 1.165) is 5.89 Å². The van der Waals surface area contributed by atoms with Gasteiger partial charge in [-0.2, -0.15) is 0 Å². The summed E-state index contributed by atoms with van der Waals surface area (Å²) in [5.74, 6) is 2.05. The molecular formula is C19H34BNO3. The summed E-state index contributed by atoms with van der Waals surface area (Å²) in [6.45, 7) is 21.7. The molecule has 1 aliphatic rings. The van der Waals surface area contributed by atoms with Gasteiger partial charge in [-0.25, -0.2) is 4.98 Å². The fourth-order valence-electron chi connectivity index (χ4n) is 4.30. The number of nitrogens with zero attached hydrogens (tertiary/aromatic N) is 1. The van der Waals surface area contributed by atoms with Crippen molar-refractivity contribution in [2.45, 2.75) is 85.9 Å². The number of rotatable bonds is 5. The zero-order chi connectivity index (χ0) is 18.5. The molecule has 1 saturated heterocycles. The second-order valence-corrected chi connectivity index (χ2v) is 9.05. The van der Waals surface area contributed by atoms with Gasteiger partial charge < -0.3 is 13.7 Å². The Balaban J connectivity index is 2.40. The molecule has 136 valence electrons. The van der Waals surface area contributed by atoms with Gasteiger partial charge >= 0.3 is 7.12 Å². The minimum absolute atomic E-state index is 0.109. The summed E-state index contributed by atoms with van der Waals surface area (Å²) in [5, 5.41) is 0. The van der Waals surface area contributed by atoms with E-state index >= 15 is 0 Å². The topological polar surface area (TPSA) is 44.5 Å². The summed E-state index contributed by atoms with van der Waals surface area (Å²) < 4.78 is 18.4. The zero-order valence-corrected chi connectivity index (χ0v) is 17.1. The van der Waals surface area contributed by atoms with E-state index in [0.29, 0.717) is 23.4 Å². The van der Waals surface area contributed by atoms with E-state index in [2.05, 4.69) is 46.5 Å². The number of oxazole rings is 1. The van der Waals surface area contributed by atoms with Crippen LogP contribution in [0.25, 0.3) is 0 Å². The van der Waals surface area contributed by atoms with E-state index in [1.165, 1.54) is 0 Å². The third kappa shape index (κ3) is 2.84. The molecule has 0 radical (unpaired) electrons. The van der Waals surface area contributed by atoms with Crippen LogP contribution in [0.1, 0.15) is 75.1 Å². The SMILES string of the molecule is CC(C)C(c1ncc(B2OC(C)(C)C(C)(C)O2)o1)(C(C)C)C(C)C. The van der Waals surface area contributed by atoms with Crippen molar-refractivity contribution in [3.8, 4) is 0 Å². The Kier molecular flexibility index (Phi) is 5.02. The van der Waals surface area contributed by atoms with E-state index < -0.39 is 7.12 Å². The van der Waals surface area contributed by atoms with Crippen LogP contribution in [0.2, 0.25) is 0 Å². The van der Waals surface area contributed by atoms with Crippen LogP contribution >= 0.6 is 0 Å². The predicted molar refractivity (Wildman–Crippen MR) is 98.4 cm³/mol. The molecule has 0 spiro atoms. The molecular weight excluding hydrogens is 301 g/mol. The molecule has 1 aromatic heterocycles. The summed E-state index contributed by atoms with van der Waals surface area (Å²) in [5.41, 5.74) is -0.205. The maximum atomic E-state index is 6.24. The lowest BCUT2D eigenvalue weighted by Gasteiger charge is -2.42. The largest absolute Gasteiger partial charge is 0.534 e. The standard InChI is InChI=1S/C19H34BNO3/c1-12(2)19(13(3)4,14(5)6)16-21-11-15(22-16)20-23-17(7,8)18(9,10)24-20/h11-14H,1-10H3. The van der Waals surface area contributed by atoms with Crippen molar-refractivity contribution in [2.24, 2.45) is 17.8 Å². The van der Waals surface area contributed by atoms with Gasteiger partial charge in [0.2, 0.25) is 0 Å². The van der Waals surface area contributed by atoms with Crippen LogP contribution in [-0.4, -0.2) is 23.3 Å². The molecule has 0 aliphatic carbocycles. The second-order valence-electron chi connectivity index (χ2n) is 9.05. The van der Waals surface area contributed by atoms with Crippen LogP contribution in [0.15, 0.2) is 10.6 Å². The minimum Gasteiger partial charge on any atom is -0.449 e. The van der Waals surface area contributed by atoms with Crippen molar-refractivity contribution in [3.05, 3.63) is 12.1 Å². The average Bonchev–Trinajstić information content (AvgIpc) is 2.93. The summed E-state index contributed by atoms with van der Waals surface area (Å²) in [4.78, 5) is 4.67. The smallest absolute Gasteiger partial charge is 0.449 e. The van der Waals surface area contributed by atoms with E-state index in [4.69, 9.17) is 13.7 Å². The molecule has 1 aliphatic heterocycles. The van der Waals surface area contributed by atoms with E-state index in [1.54, 1.807) is 6.20 Å². The first-order valence-corrected chi connectivity index (χ1v) is 9.18. The van der Waals surface area contributed by atoms with E-state index in [-0.39, 0.29) is 16.6 Å². The van der Waals surface area contributed by atoms with Crippen LogP contribution in [0.4, 0.5) is 0 Å². The molecule has 24 heavy (non-hydrogen) atoms. The van der Waals surface area contributed by atoms with Crippen molar-refractivity contribution in [1.82, 2.24) is 4.98 Å². The summed E-state index contributed by atoms with van der Waals surface area (Å²) in [7, 11) is -0.500. The van der Waals surface area contributed by atoms with E-state index in [9.17, 15) is 0 Å². The monoisotopic (exact) mass is 335 g/mol. The Hall–Kier alpha value is -0.805. The second kappa shape index (κ2) is 6.17. The highest BCUT2D eigenvalue weighted by Crippen LogP contribution is 2.45. The van der Waals surface area contributed by atoms with Gasteiger partial charge in [0.1, 0.15) is 0 Å². The highest BCUT2D eigenvalue weighted by Gasteiger charge is 2.54. The first kappa shape index (κ1) is 19.5. The Labute approximate surface area is 147 Å². The predicted octanol–water partition coefficient (Wildman–Crippen LogP) is 4.18. The van der Waals surface area contributed by atoms with Crippen LogP contribution in [0.3, 0.4) is 0 Å².